The van der Waals surface area contributed by atoms with Crippen molar-refractivity contribution in [3.63, 3.8) is 0 Å². The number of amides is 2. The number of hydrogen-bond acceptors (Lipinski definition) is 1. The fourth-order valence-corrected chi connectivity index (χ4v) is 2.66. The molecule has 126 valence electrons. The van der Waals surface area contributed by atoms with Crippen LogP contribution in [0, 0.1) is 5.82 Å². The number of para-hydroxylation sites is 2. The molecule has 5 heteroatoms. The predicted molar refractivity (Wildman–Crippen MR) is 99.5 cm³/mol. The molecule has 1 N–H and O–H groups in total. The average molecular weight is 355 g/mol. The molecular formula is C20H16ClFN2O. The summed E-state index contributed by atoms with van der Waals surface area (Å²) in [6, 6.07) is 22.6. The predicted octanol–water partition coefficient (Wildman–Crippen LogP) is 5.72. The molecule has 0 atom stereocenters. The van der Waals surface area contributed by atoms with Crippen molar-refractivity contribution in [2.24, 2.45) is 0 Å². The van der Waals surface area contributed by atoms with E-state index in [-0.39, 0.29) is 10.7 Å². The molecule has 0 saturated carbocycles. The topological polar surface area (TPSA) is 32.3 Å². The Labute approximate surface area is 150 Å². The van der Waals surface area contributed by atoms with E-state index in [1.54, 1.807) is 0 Å². The summed E-state index contributed by atoms with van der Waals surface area (Å²) in [6.07, 6.45) is 0. The lowest BCUT2D eigenvalue weighted by molar-refractivity contribution is 0.256. The number of urea groups is 1. The summed E-state index contributed by atoms with van der Waals surface area (Å²) in [5.41, 5.74) is 1.64. The number of anilines is 2. The molecule has 3 aromatic carbocycles. The maximum Gasteiger partial charge on any atom is 0.326 e. The summed E-state index contributed by atoms with van der Waals surface area (Å²) < 4.78 is 14.0. The molecule has 3 nitrogen and oxygen atoms in total. The molecule has 0 aromatic heterocycles. The third kappa shape index (κ3) is 4.17. The van der Waals surface area contributed by atoms with Crippen molar-refractivity contribution in [1.29, 1.82) is 0 Å². The summed E-state index contributed by atoms with van der Waals surface area (Å²) in [4.78, 5) is 14.4. The van der Waals surface area contributed by atoms with Crippen molar-refractivity contribution < 1.29 is 9.18 Å². The van der Waals surface area contributed by atoms with Gasteiger partial charge in [0.1, 0.15) is 5.82 Å². The van der Waals surface area contributed by atoms with Gasteiger partial charge < -0.3 is 5.32 Å². The second-order valence-corrected chi connectivity index (χ2v) is 5.84. The van der Waals surface area contributed by atoms with E-state index in [4.69, 9.17) is 11.6 Å². The van der Waals surface area contributed by atoms with E-state index in [1.165, 1.54) is 23.1 Å². The van der Waals surface area contributed by atoms with Crippen LogP contribution in [0.25, 0.3) is 0 Å². The Kier molecular flexibility index (Phi) is 5.31. The van der Waals surface area contributed by atoms with Gasteiger partial charge in [-0.3, -0.25) is 4.90 Å². The van der Waals surface area contributed by atoms with Crippen molar-refractivity contribution >= 4 is 29.0 Å². The van der Waals surface area contributed by atoms with E-state index in [0.717, 1.165) is 5.56 Å². The first kappa shape index (κ1) is 17.0. The highest BCUT2D eigenvalue weighted by molar-refractivity contribution is 6.33. The zero-order valence-electron chi connectivity index (χ0n) is 13.3. The van der Waals surface area contributed by atoms with E-state index >= 15 is 0 Å². The summed E-state index contributed by atoms with van der Waals surface area (Å²) in [6.45, 7) is 0.350. The molecule has 3 rings (SSSR count). The van der Waals surface area contributed by atoms with Crippen LogP contribution in [-0.4, -0.2) is 6.03 Å². The van der Waals surface area contributed by atoms with E-state index < -0.39 is 11.8 Å². The maximum absolute atomic E-state index is 14.0. The number of hydrogen-bond donors (Lipinski definition) is 1. The van der Waals surface area contributed by atoms with Gasteiger partial charge in [0.15, 0.2) is 0 Å². The molecule has 3 aromatic rings. The number of rotatable bonds is 4. The first-order chi connectivity index (χ1) is 12.1. The fraction of sp³-hybridized carbons (Fsp3) is 0.0500. The van der Waals surface area contributed by atoms with Gasteiger partial charge in [0.2, 0.25) is 0 Å². The molecule has 2 amide bonds. The molecule has 0 unspecified atom stereocenters. The second kappa shape index (κ2) is 7.81. The molecule has 0 aliphatic rings. The van der Waals surface area contributed by atoms with Crippen LogP contribution in [-0.2, 0) is 6.54 Å². The first-order valence-electron chi connectivity index (χ1n) is 7.76. The molecule has 0 radical (unpaired) electrons. The van der Waals surface area contributed by atoms with Crippen molar-refractivity contribution in [3.8, 4) is 0 Å². The number of nitrogens with one attached hydrogen (secondary N) is 1. The van der Waals surface area contributed by atoms with E-state index in [1.807, 2.05) is 60.7 Å². The van der Waals surface area contributed by atoms with Gasteiger partial charge in [-0.1, -0.05) is 66.2 Å². The summed E-state index contributed by atoms with van der Waals surface area (Å²) in [7, 11) is 0. The standard InChI is InChI=1S/C20H16ClFN2O/c21-17-12-7-13-18(22)19(17)23-20(25)24(16-10-5-2-6-11-16)14-15-8-3-1-4-9-15/h1-13H,14H2,(H,23,25). The molecule has 25 heavy (non-hydrogen) atoms. The van der Waals surface area contributed by atoms with Crippen molar-refractivity contribution in [2.75, 3.05) is 10.2 Å². The molecular weight excluding hydrogens is 339 g/mol. The van der Waals surface area contributed by atoms with E-state index in [2.05, 4.69) is 5.32 Å². The Hall–Kier alpha value is -2.85. The molecule has 0 saturated heterocycles. The molecule has 0 spiro atoms. The lowest BCUT2D eigenvalue weighted by Crippen LogP contribution is -2.34. The van der Waals surface area contributed by atoms with Crippen LogP contribution in [0.1, 0.15) is 5.56 Å². The number of carbonyl (C=O) groups excluding carboxylic acids is 1. The van der Waals surface area contributed by atoms with Crippen LogP contribution < -0.4 is 10.2 Å². The zero-order valence-corrected chi connectivity index (χ0v) is 14.1. The average Bonchev–Trinajstić information content (AvgIpc) is 2.64. The lowest BCUT2D eigenvalue weighted by atomic mass is 10.2. The Morgan fingerprint density at radius 1 is 0.920 bits per heavy atom. The van der Waals surface area contributed by atoms with Crippen molar-refractivity contribution in [1.82, 2.24) is 0 Å². The van der Waals surface area contributed by atoms with E-state index in [9.17, 15) is 9.18 Å². The first-order valence-corrected chi connectivity index (χ1v) is 8.14. The summed E-state index contributed by atoms with van der Waals surface area (Å²) in [5.74, 6) is -0.575. The van der Waals surface area contributed by atoms with Gasteiger partial charge in [-0.15, -0.1) is 0 Å². The molecule has 0 bridgehead atoms. The van der Waals surface area contributed by atoms with Crippen LogP contribution >= 0.6 is 11.6 Å². The van der Waals surface area contributed by atoms with Crippen LogP contribution in [0.15, 0.2) is 78.9 Å². The smallest absolute Gasteiger partial charge is 0.304 e. The number of benzene rings is 3. The number of nitrogens with zero attached hydrogens (tertiary/aromatic N) is 1. The van der Waals surface area contributed by atoms with Gasteiger partial charge >= 0.3 is 6.03 Å². The summed E-state index contributed by atoms with van der Waals surface area (Å²) in [5, 5.41) is 2.73. The molecule has 0 aliphatic heterocycles. The second-order valence-electron chi connectivity index (χ2n) is 5.43. The third-order valence-electron chi connectivity index (χ3n) is 3.69. The highest BCUT2D eigenvalue weighted by Gasteiger charge is 2.19. The molecule has 0 heterocycles. The Morgan fingerprint density at radius 2 is 1.56 bits per heavy atom. The fourth-order valence-electron chi connectivity index (χ4n) is 2.45. The Morgan fingerprint density at radius 3 is 2.20 bits per heavy atom. The highest BCUT2D eigenvalue weighted by Crippen LogP contribution is 2.26. The quantitative estimate of drug-likeness (QED) is 0.638. The Bertz CT molecular complexity index is 836. The van der Waals surface area contributed by atoms with Gasteiger partial charge in [-0.25, -0.2) is 9.18 Å². The number of halogens is 2. The van der Waals surface area contributed by atoms with Crippen molar-refractivity contribution in [2.45, 2.75) is 6.54 Å². The molecule has 0 aliphatic carbocycles. The van der Waals surface area contributed by atoms with Gasteiger partial charge in [0.25, 0.3) is 0 Å². The number of carbonyl (C=O) groups is 1. The monoisotopic (exact) mass is 354 g/mol. The zero-order chi connectivity index (χ0) is 17.6. The van der Waals surface area contributed by atoms with Gasteiger partial charge in [-0.05, 0) is 29.8 Å². The minimum atomic E-state index is -0.575. The van der Waals surface area contributed by atoms with Crippen LogP contribution in [0.5, 0.6) is 0 Å². The van der Waals surface area contributed by atoms with Gasteiger partial charge in [-0.2, -0.15) is 0 Å². The Balaban J connectivity index is 1.90. The third-order valence-corrected chi connectivity index (χ3v) is 4.01. The SMILES string of the molecule is O=C(Nc1c(F)cccc1Cl)N(Cc1ccccc1)c1ccccc1. The molecule has 0 fully saturated rings. The van der Waals surface area contributed by atoms with Gasteiger partial charge in [0.05, 0.1) is 17.3 Å². The maximum atomic E-state index is 14.0. The van der Waals surface area contributed by atoms with Crippen LogP contribution in [0.3, 0.4) is 0 Å². The van der Waals surface area contributed by atoms with Crippen LogP contribution in [0.2, 0.25) is 5.02 Å². The highest BCUT2D eigenvalue weighted by atomic mass is 35.5. The normalized spacial score (nSPS) is 10.3. The van der Waals surface area contributed by atoms with Crippen LogP contribution in [0.4, 0.5) is 20.6 Å². The van der Waals surface area contributed by atoms with Crippen molar-refractivity contribution in [3.05, 3.63) is 95.3 Å². The lowest BCUT2D eigenvalue weighted by Gasteiger charge is -2.24. The van der Waals surface area contributed by atoms with Gasteiger partial charge in [0, 0.05) is 5.69 Å². The summed E-state index contributed by atoms with van der Waals surface area (Å²) >= 11 is 6.01. The minimum Gasteiger partial charge on any atom is -0.304 e. The largest absolute Gasteiger partial charge is 0.326 e. The minimum absolute atomic E-state index is 0.0249. The van der Waals surface area contributed by atoms with E-state index in [0.29, 0.717) is 12.2 Å².